The van der Waals surface area contributed by atoms with Gasteiger partial charge in [-0.3, -0.25) is 0 Å². The molecular formula is C15H23NO. The number of nitrogens with one attached hydrogen (secondary N) is 1. The molecule has 1 aliphatic heterocycles. The highest BCUT2D eigenvalue weighted by atomic mass is 16.3. The third-order valence-electron chi connectivity index (χ3n) is 6.53. The fourth-order valence-corrected chi connectivity index (χ4v) is 5.68. The van der Waals surface area contributed by atoms with Gasteiger partial charge in [0.1, 0.15) is 0 Å². The SMILES string of the molecule is CC1=C[C@@H]2CC(C)(C)C[C@@]23NC[C@@]32CC[C@@]12O. The molecule has 4 aliphatic rings. The molecule has 3 aliphatic carbocycles. The van der Waals surface area contributed by atoms with Crippen LogP contribution < -0.4 is 5.32 Å². The number of rotatable bonds is 0. The van der Waals surface area contributed by atoms with Gasteiger partial charge in [-0.2, -0.15) is 0 Å². The minimum Gasteiger partial charge on any atom is -0.385 e. The fraction of sp³-hybridized carbons (Fsp3) is 0.867. The highest BCUT2D eigenvalue weighted by Gasteiger charge is 2.78. The lowest BCUT2D eigenvalue weighted by Crippen LogP contribution is -2.87. The molecule has 4 rings (SSSR count). The molecule has 2 spiro atoms. The van der Waals surface area contributed by atoms with Gasteiger partial charge in [0.15, 0.2) is 0 Å². The fourth-order valence-electron chi connectivity index (χ4n) is 5.68. The Morgan fingerprint density at radius 3 is 2.65 bits per heavy atom. The van der Waals surface area contributed by atoms with E-state index < -0.39 is 5.60 Å². The summed E-state index contributed by atoms with van der Waals surface area (Å²) in [6, 6.07) is 0. The zero-order valence-corrected chi connectivity index (χ0v) is 11.1. The van der Waals surface area contributed by atoms with Gasteiger partial charge >= 0.3 is 0 Å². The third kappa shape index (κ3) is 0.849. The minimum absolute atomic E-state index is 0.178. The van der Waals surface area contributed by atoms with E-state index in [1.165, 1.54) is 24.8 Å². The van der Waals surface area contributed by atoms with Crippen molar-refractivity contribution in [2.45, 2.75) is 57.6 Å². The molecule has 2 N–H and O–H groups in total. The maximum atomic E-state index is 11.0. The molecule has 0 aromatic rings. The van der Waals surface area contributed by atoms with Gasteiger partial charge in [-0.1, -0.05) is 19.9 Å². The van der Waals surface area contributed by atoms with E-state index >= 15 is 0 Å². The zero-order valence-electron chi connectivity index (χ0n) is 11.1. The van der Waals surface area contributed by atoms with Crippen LogP contribution in [0.15, 0.2) is 11.6 Å². The van der Waals surface area contributed by atoms with E-state index in [0.717, 1.165) is 13.0 Å². The van der Waals surface area contributed by atoms with Crippen LogP contribution in [0.25, 0.3) is 0 Å². The summed E-state index contributed by atoms with van der Waals surface area (Å²) in [6.07, 6.45) is 7.09. The van der Waals surface area contributed by atoms with Crippen LogP contribution in [0.2, 0.25) is 0 Å². The second-order valence-electron chi connectivity index (χ2n) is 7.77. The molecule has 94 valence electrons. The van der Waals surface area contributed by atoms with E-state index in [1.54, 1.807) is 0 Å². The van der Waals surface area contributed by atoms with Crippen molar-refractivity contribution >= 4 is 0 Å². The molecule has 0 aromatic heterocycles. The van der Waals surface area contributed by atoms with Crippen LogP contribution in [0.1, 0.15) is 46.5 Å². The Kier molecular flexibility index (Phi) is 1.56. The van der Waals surface area contributed by atoms with Crippen molar-refractivity contribution in [2.24, 2.45) is 16.7 Å². The Bertz CT molecular complexity index is 436. The van der Waals surface area contributed by atoms with E-state index in [2.05, 4.69) is 32.2 Å². The van der Waals surface area contributed by atoms with Crippen molar-refractivity contribution in [3.05, 3.63) is 11.6 Å². The van der Waals surface area contributed by atoms with Crippen LogP contribution >= 0.6 is 0 Å². The van der Waals surface area contributed by atoms with Crippen molar-refractivity contribution < 1.29 is 5.11 Å². The van der Waals surface area contributed by atoms with Gasteiger partial charge in [0, 0.05) is 17.5 Å². The summed E-state index contributed by atoms with van der Waals surface area (Å²) in [5.74, 6) is 0.645. The van der Waals surface area contributed by atoms with Crippen LogP contribution in [-0.2, 0) is 0 Å². The van der Waals surface area contributed by atoms with E-state index in [-0.39, 0.29) is 11.0 Å². The van der Waals surface area contributed by atoms with Gasteiger partial charge in [0.05, 0.1) is 5.60 Å². The lowest BCUT2D eigenvalue weighted by atomic mass is 9.38. The summed E-state index contributed by atoms with van der Waals surface area (Å²) in [5.41, 5.74) is 1.60. The van der Waals surface area contributed by atoms with Gasteiger partial charge in [0.2, 0.25) is 0 Å². The summed E-state index contributed by atoms with van der Waals surface area (Å²) in [6.45, 7) is 7.94. The second kappa shape index (κ2) is 2.50. The second-order valence-corrected chi connectivity index (χ2v) is 7.77. The standard InChI is InChI=1S/C15H23NO/c1-10-6-11-7-12(2,3)8-14(11)13(9-16-14)4-5-15(10,13)17/h6,11,16-17H,4-5,7-9H2,1-3H3/t11-,13+,14-,15-/m1/s1. The molecule has 4 atom stereocenters. The Morgan fingerprint density at radius 2 is 2.12 bits per heavy atom. The largest absolute Gasteiger partial charge is 0.385 e. The highest BCUT2D eigenvalue weighted by molar-refractivity contribution is 5.44. The van der Waals surface area contributed by atoms with E-state index in [0.29, 0.717) is 11.3 Å². The molecule has 3 fully saturated rings. The maximum Gasteiger partial charge on any atom is 0.0940 e. The number of hydrogen-bond donors (Lipinski definition) is 2. The Morgan fingerprint density at radius 1 is 1.35 bits per heavy atom. The smallest absolute Gasteiger partial charge is 0.0940 e. The predicted octanol–water partition coefficient (Wildman–Crippen LogP) is 2.24. The topological polar surface area (TPSA) is 32.3 Å². The molecule has 0 amide bonds. The van der Waals surface area contributed by atoms with Crippen molar-refractivity contribution in [2.75, 3.05) is 6.54 Å². The van der Waals surface area contributed by atoms with Gasteiger partial charge in [0.25, 0.3) is 0 Å². The molecule has 1 saturated heterocycles. The summed E-state index contributed by atoms with van der Waals surface area (Å²) >= 11 is 0. The van der Waals surface area contributed by atoms with E-state index in [9.17, 15) is 5.11 Å². The molecule has 17 heavy (non-hydrogen) atoms. The van der Waals surface area contributed by atoms with Gasteiger partial charge in [-0.25, -0.2) is 0 Å². The molecule has 0 aromatic carbocycles. The first kappa shape index (κ1) is 10.6. The first-order valence-corrected chi connectivity index (χ1v) is 7.02. The average molecular weight is 233 g/mol. The molecule has 2 saturated carbocycles. The molecule has 0 unspecified atom stereocenters. The van der Waals surface area contributed by atoms with Gasteiger partial charge in [-0.05, 0) is 49.5 Å². The Balaban J connectivity index is 1.88. The van der Waals surface area contributed by atoms with Crippen molar-refractivity contribution in [3.8, 4) is 0 Å². The van der Waals surface area contributed by atoms with Crippen LogP contribution in [0, 0.1) is 16.7 Å². The van der Waals surface area contributed by atoms with Gasteiger partial charge < -0.3 is 10.4 Å². The third-order valence-corrected chi connectivity index (χ3v) is 6.53. The zero-order chi connectivity index (χ0) is 12.1. The highest BCUT2D eigenvalue weighted by Crippen LogP contribution is 2.73. The predicted molar refractivity (Wildman–Crippen MR) is 67.6 cm³/mol. The quantitative estimate of drug-likeness (QED) is 0.629. The monoisotopic (exact) mass is 233 g/mol. The molecule has 0 bridgehead atoms. The summed E-state index contributed by atoms with van der Waals surface area (Å²) < 4.78 is 0. The number of hydrogen-bond acceptors (Lipinski definition) is 2. The first-order valence-electron chi connectivity index (χ1n) is 7.02. The van der Waals surface area contributed by atoms with Crippen LogP contribution in [0.3, 0.4) is 0 Å². The summed E-state index contributed by atoms with van der Waals surface area (Å²) in [7, 11) is 0. The number of aliphatic hydroxyl groups is 1. The van der Waals surface area contributed by atoms with Crippen LogP contribution in [0.5, 0.6) is 0 Å². The molecule has 2 nitrogen and oxygen atoms in total. The van der Waals surface area contributed by atoms with Gasteiger partial charge in [-0.15, -0.1) is 0 Å². The van der Waals surface area contributed by atoms with E-state index in [4.69, 9.17) is 0 Å². The summed E-state index contributed by atoms with van der Waals surface area (Å²) in [5, 5.41) is 14.7. The normalized spacial score (nSPS) is 58.1. The minimum atomic E-state index is -0.477. The molecule has 2 heteroatoms. The van der Waals surface area contributed by atoms with Crippen LogP contribution in [0.4, 0.5) is 0 Å². The average Bonchev–Trinajstić information content (AvgIpc) is 2.46. The Labute approximate surface area is 103 Å². The molecule has 0 radical (unpaired) electrons. The van der Waals surface area contributed by atoms with Crippen LogP contribution in [-0.4, -0.2) is 22.8 Å². The molecule has 1 heterocycles. The first-order chi connectivity index (χ1) is 7.85. The van der Waals surface area contributed by atoms with E-state index in [1.807, 2.05) is 0 Å². The van der Waals surface area contributed by atoms with Crippen molar-refractivity contribution in [1.29, 1.82) is 0 Å². The Hall–Kier alpha value is -0.340. The van der Waals surface area contributed by atoms with Crippen molar-refractivity contribution in [3.63, 3.8) is 0 Å². The van der Waals surface area contributed by atoms with Crippen molar-refractivity contribution in [1.82, 2.24) is 5.32 Å². The lowest BCUT2D eigenvalue weighted by Gasteiger charge is -2.75. The summed E-state index contributed by atoms with van der Waals surface area (Å²) in [4.78, 5) is 0. The lowest BCUT2D eigenvalue weighted by molar-refractivity contribution is -0.245. The molecular weight excluding hydrogens is 210 g/mol. The maximum absolute atomic E-state index is 11.0.